The Hall–Kier alpha value is -3.73. The maximum Gasteiger partial charge on any atom is 0.208 e. The molecular weight excluding hydrogens is 389 g/mol. The van der Waals surface area contributed by atoms with E-state index in [9.17, 15) is 4.39 Å². The lowest BCUT2D eigenvalue weighted by Gasteiger charge is -2.19. The summed E-state index contributed by atoms with van der Waals surface area (Å²) in [4.78, 5) is 5.52. The number of anilines is 3. The fourth-order valence-corrected chi connectivity index (χ4v) is 3.11. The first-order chi connectivity index (χ1) is 14.4. The van der Waals surface area contributed by atoms with Crippen LogP contribution in [0.25, 0.3) is 11.4 Å². The zero-order valence-corrected chi connectivity index (χ0v) is 17.1. The van der Waals surface area contributed by atoms with Gasteiger partial charge < -0.3 is 20.8 Å². The highest BCUT2D eigenvalue weighted by Gasteiger charge is 2.21. The SMILES string of the molecule is COc1c(-c2nnn(C)n2)ccc(Nc2cc(C)c(F)cn2)c1NC1=CNN(C)C1. The predicted molar refractivity (Wildman–Crippen MR) is 110 cm³/mol. The average Bonchev–Trinajstić information content (AvgIpc) is 3.33. The second-order valence-corrected chi connectivity index (χ2v) is 6.89. The normalized spacial score (nSPS) is 13.7. The van der Waals surface area contributed by atoms with Crippen molar-refractivity contribution in [3.05, 3.63) is 47.7 Å². The van der Waals surface area contributed by atoms with Crippen LogP contribution in [0.1, 0.15) is 5.56 Å². The number of aryl methyl sites for hydroxylation is 2. The molecule has 3 aromatic rings. The van der Waals surface area contributed by atoms with Crippen LogP contribution in [0.2, 0.25) is 0 Å². The molecule has 0 amide bonds. The predicted octanol–water partition coefficient (Wildman–Crippen LogP) is 2.18. The zero-order chi connectivity index (χ0) is 21.3. The molecule has 2 aromatic heterocycles. The third kappa shape index (κ3) is 3.87. The van der Waals surface area contributed by atoms with Crippen LogP contribution in [0.5, 0.6) is 5.75 Å². The highest BCUT2D eigenvalue weighted by atomic mass is 19.1. The first kappa shape index (κ1) is 19.6. The standard InChI is InChI=1S/C19H22FN9O/c1-11-7-16(21-9-14(11)20)24-15-6-5-13(19-25-27-29(3)26-19)18(30-4)17(15)23-12-8-22-28(2)10-12/h5-9,22-23H,10H2,1-4H3,(H,21,24). The number of likely N-dealkylation sites (N-methyl/N-ethyl adjacent to an activating group) is 1. The van der Waals surface area contributed by atoms with Crippen LogP contribution in [-0.2, 0) is 7.05 Å². The van der Waals surface area contributed by atoms with E-state index in [1.54, 1.807) is 27.1 Å². The van der Waals surface area contributed by atoms with E-state index in [2.05, 4.69) is 36.5 Å². The molecule has 0 saturated heterocycles. The van der Waals surface area contributed by atoms with Gasteiger partial charge in [-0.15, -0.1) is 10.2 Å². The summed E-state index contributed by atoms with van der Waals surface area (Å²) in [5, 5.41) is 20.9. The summed E-state index contributed by atoms with van der Waals surface area (Å²) in [6.45, 7) is 2.36. The van der Waals surface area contributed by atoms with Crippen LogP contribution in [0, 0.1) is 12.7 Å². The maximum atomic E-state index is 13.6. The Kier molecular flexibility index (Phi) is 5.19. The summed E-state index contributed by atoms with van der Waals surface area (Å²) in [7, 11) is 5.22. The lowest BCUT2D eigenvalue weighted by molar-refractivity contribution is 0.329. The molecule has 0 bridgehead atoms. The monoisotopic (exact) mass is 411 g/mol. The molecule has 0 aliphatic carbocycles. The van der Waals surface area contributed by atoms with Gasteiger partial charge in [-0.3, -0.25) is 0 Å². The summed E-state index contributed by atoms with van der Waals surface area (Å²) < 4.78 is 19.4. The number of aromatic nitrogens is 5. The molecule has 1 aromatic carbocycles. The van der Waals surface area contributed by atoms with Crippen molar-refractivity contribution in [2.75, 3.05) is 31.3 Å². The molecule has 11 heteroatoms. The van der Waals surface area contributed by atoms with Gasteiger partial charge in [0, 0.05) is 18.9 Å². The second kappa shape index (κ2) is 7.95. The van der Waals surface area contributed by atoms with E-state index >= 15 is 0 Å². The minimum absolute atomic E-state index is 0.356. The summed E-state index contributed by atoms with van der Waals surface area (Å²) in [6.07, 6.45) is 3.06. The average molecular weight is 411 g/mol. The molecule has 0 radical (unpaired) electrons. The Morgan fingerprint density at radius 3 is 2.70 bits per heavy atom. The Labute approximate surface area is 172 Å². The summed E-state index contributed by atoms with van der Waals surface area (Å²) in [5.74, 6) is 1.14. The van der Waals surface area contributed by atoms with Crippen LogP contribution >= 0.6 is 0 Å². The number of methoxy groups -OCH3 is 1. The van der Waals surface area contributed by atoms with E-state index in [1.807, 2.05) is 30.4 Å². The van der Waals surface area contributed by atoms with Crippen molar-refractivity contribution in [1.29, 1.82) is 0 Å². The fraction of sp³-hybridized carbons (Fsp3) is 0.263. The van der Waals surface area contributed by atoms with Gasteiger partial charge in [0.1, 0.15) is 17.3 Å². The molecule has 1 aliphatic heterocycles. The van der Waals surface area contributed by atoms with Crippen LogP contribution < -0.4 is 20.8 Å². The summed E-state index contributed by atoms with van der Waals surface area (Å²) in [6, 6.07) is 5.35. The van der Waals surface area contributed by atoms with Crippen molar-refractivity contribution in [3.63, 3.8) is 0 Å². The molecule has 0 unspecified atom stereocenters. The molecule has 156 valence electrons. The molecule has 1 aliphatic rings. The lowest BCUT2D eigenvalue weighted by Crippen LogP contribution is -2.25. The number of hydrogen-bond acceptors (Lipinski definition) is 9. The number of halogens is 1. The quantitative estimate of drug-likeness (QED) is 0.563. The van der Waals surface area contributed by atoms with Gasteiger partial charge in [0.15, 0.2) is 5.75 Å². The van der Waals surface area contributed by atoms with E-state index < -0.39 is 0 Å². The Morgan fingerprint density at radius 2 is 2.07 bits per heavy atom. The number of tetrazole rings is 1. The van der Waals surface area contributed by atoms with E-state index in [4.69, 9.17) is 4.74 Å². The molecule has 0 atom stereocenters. The van der Waals surface area contributed by atoms with E-state index in [1.165, 1.54) is 11.0 Å². The lowest BCUT2D eigenvalue weighted by atomic mass is 10.1. The van der Waals surface area contributed by atoms with Crippen molar-refractivity contribution in [2.45, 2.75) is 6.92 Å². The number of pyridine rings is 1. The molecule has 10 nitrogen and oxygen atoms in total. The van der Waals surface area contributed by atoms with Gasteiger partial charge in [-0.1, -0.05) is 0 Å². The third-order valence-corrected chi connectivity index (χ3v) is 4.57. The van der Waals surface area contributed by atoms with Crippen molar-refractivity contribution < 1.29 is 9.13 Å². The van der Waals surface area contributed by atoms with E-state index in [0.29, 0.717) is 46.4 Å². The Morgan fingerprint density at radius 1 is 1.23 bits per heavy atom. The first-order valence-electron chi connectivity index (χ1n) is 9.22. The number of hydrazine groups is 1. The van der Waals surface area contributed by atoms with Gasteiger partial charge in [-0.05, 0) is 35.9 Å². The van der Waals surface area contributed by atoms with Crippen LogP contribution in [0.3, 0.4) is 0 Å². The number of benzene rings is 1. The molecule has 0 spiro atoms. The summed E-state index contributed by atoms with van der Waals surface area (Å²) in [5.41, 5.74) is 6.61. The van der Waals surface area contributed by atoms with E-state index in [0.717, 1.165) is 5.70 Å². The van der Waals surface area contributed by atoms with E-state index in [-0.39, 0.29) is 5.82 Å². The van der Waals surface area contributed by atoms with Crippen LogP contribution in [-0.4, -0.2) is 50.9 Å². The van der Waals surface area contributed by atoms with Crippen molar-refractivity contribution in [3.8, 4) is 17.1 Å². The molecule has 4 rings (SSSR count). The zero-order valence-electron chi connectivity index (χ0n) is 17.1. The van der Waals surface area contributed by atoms with Gasteiger partial charge in [0.05, 0.1) is 38.1 Å². The first-order valence-corrected chi connectivity index (χ1v) is 9.22. The number of rotatable bonds is 6. The number of nitrogens with one attached hydrogen (secondary N) is 3. The van der Waals surface area contributed by atoms with Crippen molar-refractivity contribution in [1.82, 2.24) is 35.6 Å². The molecular formula is C19H22FN9O. The van der Waals surface area contributed by atoms with Gasteiger partial charge in [0.25, 0.3) is 0 Å². The smallest absolute Gasteiger partial charge is 0.208 e. The number of hydrogen-bond donors (Lipinski definition) is 3. The molecule has 30 heavy (non-hydrogen) atoms. The minimum Gasteiger partial charge on any atom is -0.494 e. The van der Waals surface area contributed by atoms with Gasteiger partial charge in [-0.2, -0.15) is 4.80 Å². The van der Waals surface area contributed by atoms with Crippen LogP contribution in [0.4, 0.5) is 21.6 Å². The Bertz CT molecular complexity index is 1110. The number of nitrogens with zero attached hydrogens (tertiary/aromatic N) is 6. The molecule has 3 N–H and O–H groups in total. The second-order valence-electron chi connectivity index (χ2n) is 6.89. The number of ether oxygens (including phenoxy) is 1. The minimum atomic E-state index is -0.356. The summed E-state index contributed by atoms with van der Waals surface area (Å²) >= 11 is 0. The molecule has 3 heterocycles. The fourth-order valence-electron chi connectivity index (χ4n) is 3.11. The highest BCUT2D eigenvalue weighted by molar-refractivity contribution is 5.87. The molecule has 0 fully saturated rings. The van der Waals surface area contributed by atoms with Crippen molar-refractivity contribution in [2.24, 2.45) is 7.05 Å². The third-order valence-electron chi connectivity index (χ3n) is 4.57. The van der Waals surface area contributed by atoms with Crippen LogP contribution in [0.15, 0.2) is 36.3 Å². The maximum absolute atomic E-state index is 13.6. The van der Waals surface area contributed by atoms with Gasteiger partial charge in [0.2, 0.25) is 5.82 Å². The van der Waals surface area contributed by atoms with Gasteiger partial charge in [-0.25, -0.2) is 14.4 Å². The van der Waals surface area contributed by atoms with Crippen molar-refractivity contribution >= 4 is 17.2 Å². The Balaban J connectivity index is 1.78. The topological polar surface area (TPSA) is 105 Å². The molecule has 0 saturated carbocycles. The van der Waals surface area contributed by atoms with Gasteiger partial charge >= 0.3 is 0 Å². The highest BCUT2D eigenvalue weighted by Crippen LogP contribution is 2.42. The largest absolute Gasteiger partial charge is 0.494 e.